The van der Waals surface area contributed by atoms with Gasteiger partial charge in [0.25, 0.3) is 15.9 Å². The summed E-state index contributed by atoms with van der Waals surface area (Å²) in [6.45, 7) is 0.398. The molecule has 0 saturated heterocycles. The van der Waals surface area contributed by atoms with E-state index in [1.165, 1.54) is 6.07 Å². The highest BCUT2D eigenvalue weighted by Gasteiger charge is 2.18. The quantitative estimate of drug-likeness (QED) is 0.565. The zero-order chi connectivity index (χ0) is 20.1. The zero-order valence-corrected chi connectivity index (χ0v) is 15.5. The molecule has 144 valence electrons. The van der Waals surface area contributed by atoms with Crippen molar-refractivity contribution in [1.82, 2.24) is 0 Å². The number of nitrogens with one attached hydrogen (secondary N) is 1. The average Bonchev–Trinajstić information content (AvgIpc) is 2.68. The fourth-order valence-corrected chi connectivity index (χ4v) is 3.54. The third kappa shape index (κ3) is 4.60. The van der Waals surface area contributed by atoms with E-state index < -0.39 is 15.9 Å². The lowest BCUT2D eigenvalue weighted by atomic mass is 10.2. The van der Waals surface area contributed by atoms with Crippen molar-refractivity contribution in [2.45, 2.75) is 11.5 Å². The molecule has 28 heavy (non-hydrogen) atoms. The van der Waals surface area contributed by atoms with E-state index in [0.717, 1.165) is 17.7 Å². The van der Waals surface area contributed by atoms with Crippen LogP contribution in [0, 0.1) is 0 Å². The minimum atomic E-state index is -3.96. The predicted molar refractivity (Wildman–Crippen MR) is 105 cm³/mol. The number of rotatable bonds is 7. The summed E-state index contributed by atoms with van der Waals surface area (Å²) in [5.41, 5.74) is 6.21. The molecule has 3 rings (SSSR count). The number of ether oxygens (including phenoxy) is 1. The van der Waals surface area contributed by atoms with Crippen LogP contribution in [-0.4, -0.2) is 19.4 Å². The summed E-state index contributed by atoms with van der Waals surface area (Å²) in [4.78, 5) is 11.1. The van der Waals surface area contributed by atoms with Gasteiger partial charge in [-0.25, -0.2) is 8.42 Å². The molecular formula is C20H18N2O5S. The Kier molecular flexibility index (Phi) is 5.51. The molecule has 0 atom stereocenters. The maximum atomic E-state index is 12.5. The van der Waals surface area contributed by atoms with E-state index in [1.54, 1.807) is 24.3 Å². The lowest BCUT2D eigenvalue weighted by Gasteiger charge is -2.11. The number of benzene rings is 3. The first-order chi connectivity index (χ1) is 13.3. The summed E-state index contributed by atoms with van der Waals surface area (Å²) in [6, 6.07) is 19.4. The SMILES string of the molecule is NC(=O)c1cc(S(=O)(=O)Nc2ccc(OCc3ccccc3)cc2)ccc1O. The Morgan fingerprint density at radius 2 is 1.68 bits per heavy atom. The van der Waals surface area contributed by atoms with Gasteiger partial charge in [0.1, 0.15) is 18.1 Å². The number of anilines is 1. The van der Waals surface area contributed by atoms with Crippen molar-refractivity contribution < 1.29 is 23.1 Å². The topological polar surface area (TPSA) is 119 Å². The Morgan fingerprint density at radius 1 is 1.00 bits per heavy atom. The second kappa shape index (κ2) is 8.01. The second-order valence-corrected chi connectivity index (χ2v) is 7.63. The van der Waals surface area contributed by atoms with Crippen LogP contribution in [-0.2, 0) is 16.6 Å². The largest absolute Gasteiger partial charge is 0.507 e. The fraction of sp³-hybridized carbons (Fsp3) is 0.0500. The van der Waals surface area contributed by atoms with Gasteiger partial charge in [0, 0.05) is 5.69 Å². The standard InChI is InChI=1S/C20H18N2O5S/c21-20(24)18-12-17(10-11-19(18)23)28(25,26)22-15-6-8-16(9-7-15)27-13-14-4-2-1-3-5-14/h1-12,22-23H,13H2,(H2,21,24). The number of phenols is 1. The molecule has 3 aromatic carbocycles. The molecule has 8 heteroatoms. The summed E-state index contributed by atoms with van der Waals surface area (Å²) >= 11 is 0. The van der Waals surface area contributed by atoms with Crippen LogP contribution in [0.1, 0.15) is 15.9 Å². The molecule has 1 amide bonds. The van der Waals surface area contributed by atoms with E-state index in [0.29, 0.717) is 18.0 Å². The second-order valence-electron chi connectivity index (χ2n) is 5.95. The zero-order valence-electron chi connectivity index (χ0n) is 14.7. The first kappa shape index (κ1) is 19.2. The Labute approximate surface area is 162 Å². The van der Waals surface area contributed by atoms with E-state index in [2.05, 4.69) is 4.72 Å². The van der Waals surface area contributed by atoms with Gasteiger partial charge < -0.3 is 15.6 Å². The molecule has 0 fully saturated rings. The highest BCUT2D eigenvalue weighted by atomic mass is 32.2. The Balaban J connectivity index is 1.71. The van der Waals surface area contributed by atoms with Gasteiger partial charge in [-0.1, -0.05) is 30.3 Å². The van der Waals surface area contributed by atoms with E-state index in [9.17, 15) is 18.3 Å². The highest BCUT2D eigenvalue weighted by Crippen LogP contribution is 2.24. The summed E-state index contributed by atoms with van der Waals surface area (Å²) in [5, 5.41) is 9.59. The van der Waals surface area contributed by atoms with Crippen LogP contribution in [0.2, 0.25) is 0 Å². The number of primary amides is 1. The van der Waals surface area contributed by atoms with Crippen LogP contribution in [0.3, 0.4) is 0 Å². The average molecular weight is 398 g/mol. The van der Waals surface area contributed by atoms with Gasteiger partial charge in [-0.15, -0.1) is 0 Å². The molecule has 0 aliphatic carbocycles. The van der Waals surface area contributed by atoms with Crippen molar-refractivity contribution in [3.8, 4) is 11.5 Å². The van der Waals surface area contributed by atoms with Crippen LogP contribution in [0.15, 0.2) is 77.7 Å². The summed E-state index contributed by atoms with van der Waals surface area (Å²) in [5.74, 6) is -0.715. The predicted octanol–water partition coefficient (Wildman–Crippen LogP) is 2.87. The molecule has 0 aliphatic heterocycles. The summed E-state index contributed by atoms with van der Waals surface area (Å²) in [7, 11) is -3.96. The molecule has 0 unspecified atom stereocenters. The molecule has 0 bridgehead atoms. The number of hydrogen-bond acceptors (Lipinski definition) is 5. The number of sulfonamides is 1. The number of nitrogens with two attached hydrogens (primary N) is 1. The van der Waals surface area contributed by atoms with Gasteiger partial charge in [-0.05, 0) is 48.0 Å². The van der Waals surface area contributed by atoms with Crippen molar-refractivity contribution >= 4 is 21.6 Å². The maximum Gasteiger partial charge on any atom is 0.261 e. The molecule has 3 aromatic rings. The van der Waals surface area contributed by atoms with Crippen molar-refractivity contribution in [2.75, 3.05) is 4.72 Å². The summed E-state index contributed by atoms with van der Waals surface area (Å²) in [6.07, 6.45) is 0. The first-order valence-electron chi connectivity index (χ1n) is 8.27. The molecule has 7 nitrogen and oxygen atoms in total. The Morgan fingerprint density at radius 3 is 2.32 bits per heavy atom. The van der Waals surface area contributed by atoms with Crippen LogP contribution in [0.25, 0.3) is 0 Å². The minimum absolute atomic E-state index is 0.191. The lowest BCUT2D eigenvalue weighted by molar-refractivity contribution is 0.0997. The highest BCUT2D eigenvalue weighted by molar-refractivity contribution is 7.92. The van der Waals surface area contributed by atoms with Gasteiger partial charge >= 0.3 is 0 Å². The van der Waals surface area contributed by atoms with Gasteiger partial charge in [0.15, 0.2) is 0 Å². The number of carbonyl (C=O) groups excluding carboxylic acids is 1. The van der Waals surface area contributed by atoms with Crippen molar-refractivity contribution in [1.29, 1.82) is 0 Å². The van der Waals surface area contributed by atoms with Gasteiger partial charge in [0.2, 0.25) is 0 Å². The molecule has 0 saturated carbocycles. The van der Waals surface area contributed by atoms with Crippen LogP contribution >= 0.6 is 0 Å². The van der Waals surface area contributed by atoms with Crippen LogP contribution < -0.4 is 15.2 Å². The number of amides is 1. The van der Waals surface area contributed by atoms with Gasteiger partial charge in [-0.3, -0.25) is 9.52 Å². The van der Waals surface area contributed by atoms with Gasteiger partial charge in [-0.2, -0.15) is 0 Å². The van der Waals surface area contributed by atoms with E-state index >= 15 is 0 Å². The maximum absolute atomic E-state index is 12.5. The van der Waals surface area contributed by atoms with Crippen LogP contribution in [0.5, 0.6) is 11.5 Å². The van der Waals surface area contributed by atoms with E-state index in [4.69, 9.17) is 10.5 Å². The number of hydrogen-bond donors (Lipinski definition) is 3. The van der Waals surface area contributed by atoms with E-state index in [-0.39, 0.29) is 16.2 Å². The molecule has 0 aromatic heterocycles. The fourth-order valence-electron chi connectivity index (χ4n) is 2.45. The molecule has 4 N–H and O–H groups in total. The molecule has 0 aliphatic rings. The van der Waals surface area contributed by atoms with Crippen molar-refractivity contribution in [2.24, 2.45) is 5.73 Å². The molecule has 0 radical (unpaired) electrons. The molecule has 0 heterocycles. The minimum Gasteiger partial charge on any atom is -0.507 e. The monoisotopic (exact) mass is 398 g/mol. The van der Waals surface area contributed by atoms with Crippen molar-refractivity contribution in [3.05, 3.63) is 83.9 Å². The molecule has 0 spiro atoms. The Hall–Kier alpha value is -3.52. The van der Waals surface area contributed by atoms with Crippen LogP contribution in [0.4, 0.5) is 5.69 Å². The van der Waals surface area contributed by atoms with Gasteiger partial charge in [0.05, 0.1) is 10.5 Å². The Bertz CT molecular complexity index is 1080. The van der Waals surface area contributed by atoms with E-state index in [1.807, 2.05) is 30.3 Å². The normalized spacial score (nSPS) is 11.0. The van der Waals surface area contributed by atoms with Crippen molar-refractivity contribution in [3.63, 3.8) is 0 Å². The third-order valence-electron chi connectivity index (χ3n) is 3.90. The smallest absolute Gasteiger partial charge is 0.261 e. The number of aromatic hydroxyl groups is 1. The number of carbonyl (C=O) groups is 1. The third-order valence-corrected chi connectivity index (χ3v) is 5.28. The summed E-state index contributed by atoms with van der Waals surface area (Å²) < 4.78 is 33.1. The lowest BCUT2D eigenvalue weighted by Crippen LogP contribution is -2.16. The first-order valence-corrected chi connectivity index (χ1v) is 9.76. The molecular weight excluding hydrogens is 380 g/mol.